The topological polar surface area (TPSA) is 24.7 Å². The van der Waals surface area contributed by atoms with Crippen molar-refractivity contribution >= 4 is 18.0 Å². The molecule has 0 spiro atoms. The van der Waals surface area contributed by atoms with Crippen molar-refractivity contribution in [3.05, 3.63) is 149 Å². The lowest BCUT2D eigenvalue weighted by atomic mass is 9.92. The summed E-state index contributed by atoms with van der Waals surface area (Å²) in [6.07, 6.45) is 16.9. The molecule has 0 saturated carbocycles. The zero-order valence-corrected chi connectivity index (χ0v) is 29.4. The number of hydrogen-bond donors (Lipinski definition) is 0. The Hall–Kier alpha value is -4.30. The van der Waals surface area contributed by atoms with Crippen molar-refractivity contribution < 1.29 is 0 Å². The molecule has 0 heterocycles. The van der Waals surface area contributed by atoms with Crippen molar-refractivity contribution in [2.75, 3.05) is 13.6 Å². The second-order valence-electron chi connectivity index (χ2n) is 10.1. The molecule has 0 aliphatic heterocycles. The Bertz CT molecular complexity index is 1480. The third kappa shape index (κ3) is 12.7. The van der Waals surface area contributed by atoms with Crippen LogP contribution in [0.25, 0.3) is 16.7 Å². The van der Waals surface area contributed by atoms with Crippen LogP contribution in [-0.4, -0.2) is 26.0 Å². The first-order valence-corrected chi connectivity index (χ1v) is 16.6. The minimum atomic E-state index is 0.697. The van der Waals surface area contributed by atoms with Gasteiger partial charge in [-0.2, -0.15) is 0 Å². The van der Waals surface area contributed by atoms with Crippen LogP contribution in [0.4, 0.5) is 0 Å². The minimum Gasteiger partial charge on any atom is -0.304 e. The maximum absolute atomic E-state index is 5.04. The molecular formula is C43H56N2. The zero-order valence-electron chi connectivity index (χ0n) is 29.4. The number of allylic oxidation sites excluding steroid dienone is 9. The van der Waals surface area contributed by atoms with Gasteiger partial charge in [-0.05, 0) is 92.3 Å². The van der Waals surface area contributed by atoms with Crippen molar-refractivity contribution in [3.8, 4) is 11.1 Å². The minimum absolute atomic E-state index is 0.697. The van der Waals surface area contributed by atoms with Crippen molar-refractivity contribution in [2.24, 2.45) is 9.98 Å². The first-order valence-electron chi connectivity index (χ1n) is 16.6. The van der Waals surface area contributed by atoms with Crippen LogP contribution in [0.1, 0.15) is 91.3 Å². The van der Waals surface area contributed by atoms with E-state index in [9.17, 15) is 0 Å². The Balaban J connectivity index is 0.00000134. The number of hydrogen-bond acceptors (Lipinski definition) is 2. The van der Waals surface area contributed by atoms with Crippen molar-refractivity contribution in [2.45, 2.75) is 74.7 Å². The first kappa shape index (κ1) is 38.7. The molecule has 4 rings (SSSR count). The maximum Gasteiger partial charge on any atom is 0.0723 e. The summed E-state index contributed by atoms with van der Waals surface area (Å²) < 4.78 is 0. The van der Waals surface area contributed by atoms with E-state index in [1.165, 1.54) is 39.0 Å². The molecule has 3 aromatic rings. The van der Waals surface area contributed by atoms with E-state index in [0.29, 0.717) is 6.54 Å². The Morgan fingerprint density at radius 2 is 1.36 bits per heavy atom. The molecule has 1 aliphatic rings. The molecule has 0 radical (unpaired) electrons. The average molecular weight is 601 g/mol. The smallest absolute Gasteiger partial charge is 0.0723 e. The SMILES string of the molecule is C/C=C(\C)CN=C(c1ccccc1)c1cccc(-c2cccc(C(/C=C(\CC)C3=CCCC=C3)=C/C)c2)c1.C=NC.CC.CC. The fourth-order valence-corrected chi connectivity index (χ4v) is 4.73. The molecule has 45 heavy (non-hydrogen) atoms. The number of benzene rings is 3. The molecule has 238 valence electrons. The van der Waals surface area contributed by atoms with Crippen molar-refractivity contribution in [1.29, 1.82) is 0 Å². The largest absolute Gasteiger partial charge is 0.304 e. The van der Waals surface area contributed by atoms with Gasteiger partial charge in [0.05, 0.1) is 12.3 Å². The summed E-state index contributed by atoms with van der Waals surface area (Å²) in [6, 6.07) is 28.2. The van der Waals surface area contributed by atoms with Gasteiger partial charge in [-0.1, -0.05) is 143 Å². The summed E-state index contributed by atoms with van der Waals surface area (Å²) in [4.78, 5) is 8.29. The lowest BCUT2D eigenvalue weighted by Gasteiger charge is -2.13. The third-order valence-electron chi connectivity index (χ3n) is 7.08. The lowest BCUT2D eigenvalue weighted by Crippen LogP contribution is -2.05. The van der Waals surface area contributed by atoms with Gasteiger partial charge in [0.25, 0.3) is 0 Å². The summed E-state index contributed by atoms with van der Waals surface area (Å²) in [6.45, 7) is 20.4. The average Bonchev–Trinajstić information content (AvgIpc) is 3.12. The van der Waals surface area contributed by atoms with Crippen LogP contribution in [0.15, 0.2) is 142 Å². The highest BCUT2D eigenvalue weighted by atomic mass is 14.7. The molecule has 0 bridgehead atoms. The molecule has 0 N–H and O–H groups in total. The molecule has 2 nitrogen and oxygen atoms in total. The van der Waals surface area contributed by atoms with E-state index in [2.05, 4.69) is 155 Å². The van der Waals surface area contributed by atoms with Gasteiger partial charge in [-0.3, -0.25) is 4.99 Å². The highest BCUT2D eigenvalue weighted by molar-refractivity contribution is 6.13. The van der Waals surface area contributed by atoms with Crippen LogP contribution in [0.2, 0.25) is 0 Å². The van der Waals surface area contributed by atoms with E-state index in [1.54, 1.807) is 7.05 Å². The Morgan fingerprint density at radius 1 is 0.778 bits per heavy atom. The second-order valence-corrected chi connectivity index (χ2v) is 10.1. The van der Waals surface area contributed by atoms with Crippen LogP contribution in [-0.2, 0) is 0 Å². The number of nitrogens with zero attached hydrogens (tertiary/aromatic N) is 2. The highest BCUT2D eigenvalue weighted by Crippen LogP contribution is 2.29. The Kier molecular flexibility index (Phi) is 19.9. The molecule has 0 saturated heterocycles. The normalized spacial score (nSPS) is 13.2. The number of rotatable bonds is 9. The quantitative estimate of drug-likeness (QED) is 0.133. The van der Waals surface area contributed by atoms with Crippen LogP contribution >= 0.6 is 0 Å². The van der Waals surface area contributed by atoms with Gasteiger partial charge in [0.15, 0.2) is 0 Å². The summed E-state index contributed by atoms with van der Waals surface area (Å²) in [5.41, 5.74) is 12.2. The summed E-state index contributed by atoms with van der Waals surface area (Å²) in [7, 11) is 1.64. The van der Waals surface area contributed by atoms with Gasteiger partial charge in [0, 0.05) is 18.2 Å². The zero-order chi connectivity index (χ0) is 33.5. The Labute approximate surface area is 275 Å². The third-order valence-corrected chi connectivity index (χ3v) is 7.08. The van der Waals surface area contributed by atoms with Crippen LogP contribution < -0.4 is 0 Å². The van der Waals surface area contributed by atoms with E-state index in [4.69, 9.17) is 4.99 Å². The molecule has 2 heteroatoms. The predicted octanol–water partition coefficient (Wildman–Crippen LogP) is 12.5. The van der Waals surface area contributed by atoms with E-state index >= 15 is 0 Å². The molecule has 3 aromatic carbocycles. The molecule has 0 atom stereocenters. The second kappa shape index (κ2) is 23.1. The first-order chi connectivity index (χ1) is 22.0. The van der Waals surface area contributed by atoms with E-state index < -0.39 is 0 Å². The van der Waals surface area contributed by atoms with Crippen LogP contribution in [0.5, 0.6) is 0 Å². The number of aliphatic imine (C=N–C) groups is 2. The Morgan fingerprint density at radius 3 is 1.89 bits per heavy atom. The fraction of sp³-hybridized carbons (Fsp3) is 0.302. The van der Waals surface area contributed by atoms with Gasteiger partial charge in [-0.25, -0.2) is 0 Å². The van der Waals surface area contributed by atoms with Crippen LogP contribution in [0.3, 0.4) is 0 Å². The molecule has 0 fully saturated rings. The standard InChI is InChI=1S/C37H39N.C2H5N.2C2H6/c1-5-28(4)27-38-37(32-18-12-9-13-19-32)36-23-15-22-35(26-36)34-21-14-20-33(25-34)30(7-3)24-29(6-2)31-16-10-8-11-17-31;1-3-2;2*1-2/h5,7,9-10,12-26H,6,8,11,27H2,1-4H3;1H2,2H3;2*1-2H3/b28-5+,29-24+,30-7+,38-37?;;;. The maximum atomic E-state index is 5.04. The van der Waals surface area contributed by atoms with Gasteiger partial charge >= 0.3 is 0 Å². The van der Waals surface area contributed by atoms with E-state index in [0.717, 1.165) is 36.1 Å². The summed E-state index contributed by atoms with van der Waals surface area (Å²) in [5.74, 6) is 0. The van der Waals surface area contributed by atoms with Crippen LogP contribution in [0, 0.1) is 0 Å². The van der Waals surface area contributed by atoms with E-state index in [-0.39, 0.29) is 0 Å². The van der Waals surface area contributed by atoms with Crippen molar-refractivity contribution in [3.63, 3.8) is 0 Å². The highest BCUT2D eigenvalue weighted by Gasteiger charge is 2.10. The van der Waals surface area contributed by atoms with Crippen molar-refractivity contribution in [1.82, 2.24) is 0 Å². The molecule has 0 aromatic heterocycles. The lowest BCUT2D eigenvalue weighted by molar-refractivity contribution is 1.00. The molecular weight excluding hydrogens is 544 g/mol. The summed E-state index contributed by atoms with van der Waals surface area (Å²) in [5, 5.41) is 0. The van der Waals surface area contributed by atoms with Gasteiger partial charge in [0.1, 0.15) is 0 Å². The summed E-state index contributed by atoms with van der Waals surface area (Å²) >= 11 is 0. The van der Waals surface area contributed by atoms with Gasteiger partial charge in [-0.15, -0.1) is 0 Å². The van der Waals surface area contributed by atoms with E-state index in [1.807, 2.05) is 27.7 Å². The fourth-order valence-electron chi connectivity index (χ4n) is 4.73. The predicted molar refractivity (Wildman–Crippen MR) is 205 cm³/mol. The van der Waals surface area contributed by atoms with Gasteiger partial charge in [0.2, 0.25) is 0 Å². The molecule has 0 unspecified atom stereocenters. The monoisotopic (exact) mass is 600 g/mol. The molecule has 0 amide bonds. The molecule has 1 aliphatic carbocycles. The van der Waals surface area contributed by atoms with Gasteiger partial charge < -0.3 is 4.99 Å².